The minimum atomic E-state index is -3.08. The molecule has 5 nitrogen and oxygen atoms in total. The van der Waals surface area contributed by atoms with Crippen molar-refractivity contribution in [2.24, 2.45) is 5.41 Å². The van der Waals surface area contributed by atoms with Gasteiger partial charge in [-0.3, -0.25) is 0 Å². The van der Waals surface area contributed by atoms with E-state index in [1.54, 1.807) is 29.3 Å². The molecule has 2 aliphatic carbocycles. The van der Waals surface area contributed by atoms with Crippen LogP contribution in [0.3, 0.4) is 0 Å². The predicted octanol–water partition coefficient (Wildman–Crippen LogP) is 7.50. The summed E-state index contributed by atoms with van der Waals surface area (Å²) < 4.78 is 36.8. The number of aromatic amines is 1. The highest BCUT2D eigenvalue weighted by atomic mass is 79.9. The first-order valence-corrected chi connectivity index (χ1v) is 12.5. The highest BCUT2D eigenvalue weighted by Gasteiger charge is 2.45. The van der Waals surface area contributed by atoms with E-state index in [-0.39, 0.29) is 29.2 Å². The summed E-state index contributed by atoms with van der Waals surface area (Å²) in [5.41, 5.74) is 1.81. The molecule has 5 rings (SSSR count). The van der Waals surface area contributed by atoms with Gasteiger partial charge in [0, 0.05) is 27.7 Å². The molecule has 0 aliphatic heterocycles. The summed E-state index contributed by atoms with van der Waals surface area (Å²) in [7, 11) is 0. The van der Waals surface area contributed by atoms with Crippen molar-refractivity contribution in [2.45, 2.75) is 58.6 Å². The lowest BCUT2D eigenvalue weighted by Crippen LogP contribution is -2.39. The first-order chi connectivity index (χ1) is 16.3. The van der Waals surface area contributed by atoms with E-state index in [2.05, 4.69) is 32.8 Å². The van der Waals surface area contributed by atoms with Gasteiger partial charge in [0.25, 0.3) is 5.92 Å². The van der Waals surface area contributed by atoms with Gasteiger partial charge in [0.15, 0.2) is 0 Å². The monoisotopic (exact) mass is 543 g/mol. The lowest BCUT2D eigenvalue weighted by Gasteiger charge is -2.28. The molecule has 0 atom stereocenters. The van der Waals surface area contributed by atoms with Crippen LogP contribution in [-0.2, 0) is 17.2 Å². The second-order valence-corrected chi connectivity index (χ2v) is 11.8. The van der Waals surface area contributed by atoms with E-state index >= 15 is 8.78 Å². The summed E-state index contributed by atoms with van der Waals surface area (Å²) in [6.45, 7) is 8.51. The number of rotatable bonds is 5. The molecule has 2 aromatic carbocycles. The molecule has 0 bridgehead atoms. The van der Waals surface area contributed by atoms with E-state index in [1.165, 1.54) is 12.1 Å². The summed E-state index contributed by atoms with van der Waals surface area (Å²) in [5, 5.41) is 0. The summed E-state index contributed by atoms with van der Waals surface area (Å²) in [4.78, 5) is 22.2. The molecule has 8 heteroatoms. The first-order valence-electron chi connectivity index (χ1n) is 11.7. The van der Waals surface area contributed by atoms with Crippen molar-refractivity contribution >= 4 is 22.0 Å². The summed E-state index contributed by atoms with van der Waals surface area (Å²) in [6, 6.07) is 10.1. The van der Waals surface area contributed by atoms with Crippen LogP contribution < -0.4 is 0 Å². The zero-order valence-electron chi connectivity index (χ0n) is 20.2. The summed E-state index contributed by atoms with van der Waals surface area (Å²) in [5.74, 6) is -2.50. The molecule has 1 saturated carbocycles. The second-order valence-electron chi connectivity index (χ2n) is 10.9. The van der Waals surface area contributed by atoms with Gasteiger partial charge < -0.3 is 14.6 Å². The Labute approximate surface area is 212 Å². The Morgan fingerprint density at radius 1 is 1.14 bits per heavy atom. The third-order valence-corrected chi connectivity index (χ3v) is 7.07. The SMILES string of the molecule is CC1(CN(Cc2ncc(-c3ccc4c(c3)C(F)(F)c3cc(Br)ccc3-4)[nH]2)C(=O)OC(C)(C)C)CC1. The van der Waals surface area contributed by atoms with Crippen molar-refractivity contribution in [1.29, 1.82) is 0 Å². The van der Waals surface area contributed by atoms with Gasteiger partial charge in [0.1, 0.15) is 11.4 Å². The number of fused-ring (bicyclic) bond motifs is 3. The Morgan fingerprint density at radius 2 is 1.80 bits per heavy atom. The van der Waals surface area contributed by atoms with Gasteiger partial charge in [-0.2, -0.15) is 8.78 Å². The number of halogens is 3. The molecule has 0 unspecified atom stereocenters. The van der Waals surface area contributed by atoms with Crippen molar-refractivity contribution in [3.05, 3.63) is 64.0 Å². The topological polar surface area (TPSA) is 58.2 Å². The molecule has 35 heavy (non-hydrogen) atoms. The molecular weight excluding hydrogens is 516 g/mol. The van der Waals surface area contributed by atoms with Crippen LogP contribution in [0.15, 0.2) is 47.1 Å². The van der Waals surface area contributed by atoms with Gasteiger partial charge in [-0.25, -0.2) is 9.78 Å². The van der Waals surface area contributed by atoms with E-state index < -0.39 is 11.5 Å². The Bertz CT molecular complexity index is 1310. The Hall–Kier alpha value is -2.74. The number of nitrogens with one attached hydrogen (secondary N) is 1. The fraction of sp³-hybridized carbons (Fsp3) is 0.407. The van der Waals surface area contributed by atoms with Crippen molar-refractivity contribution in [3.8, 4) is 22.4 Å². The molecule has 184 valence electrons. The second kappa shape index (κ2) is 8.15. The number of carbonyl (C=O) groups excluding carboxylic acids is 1. The fourth-order valence-corrected chi connectivity index (χ4v) is 4.84. The Balaban J connectivity index is 1.40. The van der Waals surface area contributed by atoms with E-state index in [1.807, 2.05) is 26.8 Å². The van der Waals surface area contributed by atoms with Crippen LogP contribution in [0.5, 0.6) is 0 Å². The highest BCUT2D eigenvalue weighted by molar-refractivity contribution is 9.10. The number of carbonyl (C=O) groups is 1. The molecule has 0 spiro atoms. The van der Waals surface area contributed by atoms with Crippen LogP contribution in [0, 0.1) is 5.41 Å². The largest absolute Gasteiger partial charge is 0.444 e. The number of aromatic nitrogens is 2. The van der Waals surface area contributed by atoms with Gasteiger partial charge in [0.05, 0.1) is 18.4 Å². The average molecular weight is 544 g/mol. The van der Waals surface area contributed by atoms with Gasteiger partial charge in [-0.15, -0.1) is 0 Å². The van der Waals surface area contributed by atoms with Crippen molar-refractivity contribution in [3.63, 3.8) is 0 Å². The number of hydrogen-bond donors (Lipinski definition) is 1. The van der Waals surface area contributed by atoms with Gasteiger partial charge in [0.2, 0.25) is 0 Å². The molecular formula is C27H28BrF2N3O2. The maximum Gasteiger partial charge on any atom is 0.410 e. The highest BCUT2D eigenvalue weighted by Crippen LogP contribution is 2.52. The minimum absolute atomic E-state index is 0.00546. The maximum atomic E-state index is 15.3. The van der Waals surface area contributed by atoms with Crippen molar-refractivity contribution in [1.82, 2.24) is 14.9 Å². The predicted molar refractivity (Wildman–Crippen MR) is 134 cm³/mol. The van der Waals surface area contributed by atoms with Crippen LogP contribution in [0.4, 0.5) is 13.6 Å². The van der Waals surface area contributed by atoms with Crippen LogP contribution in [0.2, 0.25) is 0 Å². The number of benzene rings is 2. The lowest BCUT2D eigenvalue weighted by molar-refractivity contribution is 0.0192. The summed E-state index contributed by atoms with van der Waals surface area (Å²) >= 11 is 3.30. The molecule has 3 aromatic rings. The number of imidazole rings is 1. The van der Waals surface area contributed by atoms with E-state index in [4.69, 9.17) is 4.74 Å². The normalized spacial score (nSPS) is 17.0. The third-order valence-electron chi connectivity index (χ3n) is 6.58. The standard InChI is InChI=1S/C27H28BrF2N3O2/c1-25(2,3)35-24(34)33(15-26(4)9-10-26)14-23-31-13-22(32-23)16-5-7-18-19-8-6-17(28)12-21(19)27(29,30)20(18)11-16/h5-8,11-13H,9-10,14-15H2,1-4H3,(H,31,32). The number of H-pyrrole nitrogens is 1. The zero-order valence-corrected chi connectivity index (χ0v) is 21.8. The van der Waals surface area contributed by atoms with Crippen LogP contribution >= 0.6 is 15.9 Å². The fourth-order valence-electron chi connectivity index (χ4n) is 4.48. The van der Waals surface area contributed by atoms with Gasteiger partial charge in [-0.05, 0) is 68.4 Å². The minimum Gasteiger partial charge on any atom is -0.444 e. The molecule has 0 radical (unpaired) electrons. The van der Waals surface area contributed by atoms with Crippen molar-refractivity contribution < 1.29 is 18.3 Å². The van der Waals surface area contributed by atoms with Gasteiger partial charge in [-0.1, -0.05) is 41.1 Å². The van der Waals surface area contributed by atoms with Crippen LogP contribution in [0.1, 0.15) is 57.5 Å². The molecule has 1 fully saturated rings. The zero-order chi connectivity index (χ0) is 25.2. The average Bonchev–Trinajstić information content (AvgIpc) is 3.23. The summed E-state index contributed by atoms with van der Waals surface area (Å²) in [6.07, 6.45) is 3.38. The number of nitrogens with zero attached hydrogens (tertiary/aromatic N) is 2. The smallest absolute Gasteiger partial charge is 0.410 e. The number of ether oxygens (including phenoxy) is 1. The van der Waals surface area contributed by atoms with Gasteiger partial charge >= 0.3 is 6.09 Å². The molecule has 0 saturated heterocycles. The quantitative estimate of drug-likeness (QED) is 0.362. The number of alkyl halides is 2. The lowest BCUT2D eigenvalue weighted by atomic mass is 10.0. The molecule has 1 amide bonds. The molecule has 1 aromatic heterocycles. The first kappa shape index (κ1) is 24.0. The van der Waals surface area contributed by atoms with Crippen LogP contribution in [0.25, 0.3) is 22.4 Å². The Kier molecular flexibility index (Phi) is 5.58. The molecule has 1 N–H and O–H groups in total. The third kappa shape index (κ3) is 4.73. The maximum absolute atomic E-state index is 15.3. The van der Waals surface area contributed by atoms with Crippen molar-refractivity contribution in [2.75, 3.05) is 6.54 Å². The Morgan fingerprint density at radius 3 is 2.46 bits per heavy atom. The molecule has 1 heterocycles. The molecule has 2 aliphatic rings. The number of amides is 1. The van der Waals surface area contributed by atoms with E-state index in [0.717, 1.165) is 12.8 Å². The number of hydrogen-bond acceptors (Lipinski definition) is 3. The van der Waals surface area contributed by atoms with E-state index in [9.17, 15) is 4.79 Å². The van der Waals surface area contributed by atoms with E-state index in [0.29, 0.717) is 39.2 Å². The van der Waals surface area contributed by atoms with Crippen LogP contribution in [-0.4, -0.2) is 33.1 Å².